The lowest BCUT2D eigenvalue weighted by molar-refractivity contribution is -0.384. The lowest BCUT2D eigenvalue weighted by Crippen LogP contribution is -2.37. The van der Waals surface area contributed by atoms with Crippen LogP contribution >= 0.6 is 11.8 Å². The third kappa shape index (κ3) is 4.62. The van der Waals surface area contributed by atoms with Crippen molar-refractivity contribution in [3.8, 4) is 5.75 Å². The Hall–Kier alpha value is -4.50. The second-order valence-electron chi connectivity index (χ2n) is 7.71. The summed E-state index contributed by atoms with van der Waals surface area (Å²) in [7, 11) is 0. The monoisotopic (exact) mass is 482 g/mol. The van der Waals surface area contributed by atoms with E-state index < -0.39 is 10.8 Å². The highest BCUT2D eigenvalue weighted by atomic mass is 32.2. The molecule has 0 saturated heterocycles. The predicted octanol–water partition coefficient (Wildman–Crippen LogP) is 5.48. The van der Waals surface area contributed by atoms with E-state index in [1.54, 1.807) is 47.4 Å². The molecule has 35 heavy (non-hydrogen) atoms. The number of aliphatic imine (C=N–C) groups is 1. The number of amides is 1. The van der Waals surface area contributed by atoms with Gasteiger partial charge >= 0.3 is 0 Å². The minimum Gasteiger partial charge on any atom is -0.489 e. The number of amidine groups is 2. The third-order valence-electron chi connectivity index (χ3n) is 5.43. The Labute approximate surface area is 204 Å². The van der Waals surface area contributed by atoms with E-state index in [2.05, 4.69) is 4.99 Å². The van der Waals surface area contributed by atoms with Gasteiger partial charge in [-0.05, 0) is 47.0 Å². The van der Waals surface area contributed by atoms with Crippen molar-refractivity contribution in [3.05, 3.63) is 117 Å². The number of thioether (sulfide) groups is 1. The number of nitro benzene ring substituents is 1. The maximum atomic E-state index is 12.7. The first-order valence-corrected chi connectivity index (χ1v) is 11.5. The summed E-state index contributed by atoms with van der Waals surface area (Å²) in [5.41, 5.74) is 3.53. The van der Waals surface area contributed by atoms with Crippen molar-refractivity contribution < 1.29 is 14.5 Å². The zero-order valence-corrected chi connectivity index (χ0v) is 19.1. The molecule has 0 bridgehead atoms. The van der Waals surface area contributed by atoms with Crippen molar-refractivity contribution in [2.75, 3.05) is 0 Å². The maximum absolute atomic E-state index is 12.7. The number of ether oxygens (including phenoxy) is 1. The Morgan fingerprint density at radius 2 is 1.74 bits per heavy atom. The third-order valence-corrected chi connectivity index (χ3v) is 6.25. The molecule has 0 fully saturated rings. The van der Waals surface area contributed by atoms with E-state index in [0.29, 0.717) is 10.9 Å². The molecule has 8 nitrogen and oxygen atoms in total. The van der Waals surface area contributed by atoms with Crippen LogP contribution < -0.4 is 4.74 Å². The van der Waals surface area contributed by atoms with Gasteiger partial charge in [-0.3, -0.25) is 25.2 Å². The summed E-state index contributed by atoms with van der Waals surface area (Å²) >= 11 is 1.33. The van der Waals surface area contributed by atoms with Crippen molar-refractivity contribution in [2.45, 2.75) is 6.61 Å². The summed E-state index contributed by atoms with van der Waals surface area (Å²) < 4.78 is 5.76. The van der Waals surface area contributed by atoms with Crippen LogP contribution in [0.25, 0.3) is 11.8 Å². The molecule has 3 aromatic carbocycles. The summed E-state index contributed by atoms with van der Waals surface area (Å²) in [6, 6.07) is 23.0. The summed E-state index contributed by atoms with van der Waals surface area (Å²) in [5.74, 6) is 0.245. The summed E-state index contributed by atoms with van der Waals surface area (Å²) in [4.78, 5) is 28.9. The number of carbonyl (C=O) groups excluding carboxylic acids is 1. The quantitative estimate of drug-likeness (QED) is 0.283. The van der Waals surface area contributed by atoms with Crippen LogP contribution in [0.15, 0.2) is 94.8 Å². The number of carbonyl (C=O) groups is 1. The van der Waals surface area contributed by atoms with Crippen molar-refractivity contribution in [3.63, 3.8) is 0 Å². The Balaban J connectivity index is 1.30. The van der Waals surface area contributed by atoms with Gasteiger partial charge in [0.05, 0.1) is 16.2 Å². The molecule has 2 aliphatic rings. The zero-order chi connectivity index (χ0) is 24.4. The van der Waals surface area contributed by atoms with Gasteiger partial charge in [0, 0.05) is 17.5 Å². The fourth-order valence-corrected chi connectivity index (χ4v) is 4.51. The van der Waals surface area contributed by atoms with Gasteiger partial charge in [-0.1, -0.05) is 54.2 Å². The average molecular weight is 483 g/mol. The Kier molecular flexibility index (Phi) is 5.99. The van der Waals surface area contributed by atoms with Gasteiger partial charge in [-0.25, -0.2) is 0 Å². The van der Waals surface area contributed by atoms with Crippen molar-refractivity contribution in [1.29, 1.82) is 5.41 Å². The molecule has 2 heterocycles. The van der Waals surface area contributed by atoms with E-state index in [1.807, 2.05) is 35.7 Å². The molecule has 1 amide bonds. The maximum Gasteiger partial charge on any atom is 0.283 e. The van der Waals surface area contributed by atoms with Gasteiger partial charge in [0.1, 0.15) is 18.2 Å². The van der Waals surface area contributed by atoms with E-state index in [-0.39, 0.29) is 23.7 Å². The molecule has 0 atom stereocenters. The number of hydrogen-bond acceptors (Lipinski definition) is 6. The number of rotatable bonds is 6. The molecular weight excluding hydrogens is 464 g/mol. The molecule has 0 unspecified atom stereocenters. The molecule has 9 heteroatoms. The Morgan fingerprint density at radius 1 is 1.03 bits per heavy atom. The van der Waals surface area contributed by atoms with Gasteiger partial charge in [0.2, 0.25) is 0 Å². The smallest absolute Gasteiger partial charge is 0.283 e. The molecule has 2 aliphatic heterocycles. The Bertz CT molecular complexity index is 1410. The van der Waals surface area contributed by atoms with Gasteiger partial charge < -0.3 is 4.74 Å². The van der Waals surface area contributed by atoms with E-state index in [1.165, 1.54) is 23.9 Å². The Morgan fingerprint density at radius 3 is 2.43 bits per heavy atom. The number of fused-ring (bicyclic) bond motifs is 1. The zero-order valence-electron chi connectivity index (χ0n) is 18.3. The fraction of sp³-hybridized carbons (Fsp3) is 0.0385. The van der Waals surface area contributed by atoms with E-state index in [9.17, 15) is 14.9 Å². The fourth-order valence-electron chi connectivity index (χ4n) is 3.62. The highest BCUT2D eigenvalue weighted by Crippen LogP contribution is 2.37. The van der Waals surface area contributed by atoms with E-state index >= 15 is 0 Å². The van der Waals surface area contributed by atoms with Crippen molar-refractivity contribution >= 4 is 46.1 Å². The van der Waals surface area contributed by atoms with Crippen LogP contribution in [0.3, 0.4) is 0 Å². The number of non-ortho nitro benzene ring substituents is 1. The number of hydrogen-bond donors (Lipinski definition) is 1. The number of benzene rings is 3. The largest absolute Gasteiger partial charge is 0.489 e. The van der Waals surface area contributed by atoms with Crippen LogP contribution in [0.2, 0.25) is 0 Å². The molecule has 0 aromatic heterocycles. The first kappa shape index (κ1) is 22.3. The molecule has 0 spiro atoms. The van der Waals surface area contributed by atoms with Gasteiger partial charge in [0.15, 0.2) is 5.17 Å². The topological polar surface area (TPSA) is 109 Å². The normalized spacial score (nSPS) is 16.1. The van der Waals surface area contributed by atoms with Crippen molar-refractivity contribution in [1.82, 2.24) is 4.90 Å². The summed E-state index contributed by atoms with van der Waals surface area (Å²) in [6.07, 6.45) is 1.65. The van der Waals surface area contributed by atoms with E-state index in [0.717, 1.165) is 22.4 Å². The molecule has 3 aromatic rings. The second kappa shape index (κ2) is 9.40. The predicted molar refractivity (Wildman–Crippen MR) is 136 cm³/mol. The average Bonchev–Trinajstić information content (AvgIpc) is 3.30. The minimum atomic E-state index is -0.449. The molecule has 172 valence electrons. The lowest BCUT2D eigenvalue weighted by Gasteiger charge is -2.26. The number of nitrogens with zero attached hydrogens (tertiary/aromatic N) is 3. The minimum absolute atomic E-state index is 0.0318. The molecular formula is C26H18N4O4S. The SMILES string of the molecule is N=C1C(=Cc2ccc(OCc3ccc([N+](=O)[O-])cc3)cc2)C(=O)N=C2SC=C(c3ccccc3)N12. The van der Waals surface area contributed by atoms with E-state index in [4.69, 9.17) is 10.1 Å². The summed E-state index contributed by atoms with van der Waals surface area (Å²) in [6.45, 7) is 0.264. The van der Waals surface area contributed by atoms with Crippen LogP contribution in [-0.2, 0) is 11.4 Å². The van der Waals surface area contributed by atoms with Crippen LogP contribution in [0.1, 0.15) is 16.7 Å². The highest BCUT2D eigenvalue weighted by molar-refractivity contribution is 8.17. The van der Waals surface area contributed by atoms with Gasteiger partial charge in [-0.2, -0.15) is 4.99 Å². The van der Waals surface area contributed by atoms with Crippen molar-refractivity contribution in [2.24, 2.45) is 4.99 Å². The first-order chi connectivity index (χ1) is 17.0. The first-order valence-electron chi connectivity index (χ1n) is 10.6. The second-order valence-corrected chi connectivity index (χ2v) is 8.55. The number of nitro groups is 1. The number of nitrogens with one attached hydrogen (secondary N) is 1. The van der Waals surface area contributed by atoms with Crippen LogP contribution in [-0.4, -0.2) is 26.7 Å². The molecule has 0 radical (unpaired) electrons. The van der Waals surface area contributed by atoms with Crippen LogP contribution in [0, 0.1) is 15.5 Å². The van der Waals surface area contributed by atoms with Crippen LogP contribution in [0.4, 0.5) is 5.69 Å². The molecule has 5 rings (SSSR count). The standard InChI is InChI=1S/C26H18N4O4S/c27-24-22(25(31)28-26-29(24)23(16-35-26)19-4-2-1-3-5-19)14-17-8-12-21(13-9-17)34-15-18-6-10-20(11-7-18)30(32)33/h1-14,16,27H,15H2. The van der Waals surface area contributed by atoms with Gasteiger partial charge in [-0.15, -0.1) is 0 Å². The van der Waals surface area contributed by atoms with Crippen LogP contribution in [0.5, 0.6) is 5.75 Å². The summed E-state index contributed by atoms with van der Waals surface area (Å²) in [5, 5.41) is 21.9. The lowest BCUT2D eigenvalue weighted by atomic mass is 10.1. The highest BCUT2D eigenvalue weighted by Gasteiger charge is 2.36. The molecule has 0 aliphatic carbocycles. The molecule has 1 N–H and O–H groups in total. The molecule has 0 saturated carbocycles. The van der Waals surface area contributed by atoms with Gasteiger partial charge in [0.25, 0.3) is 11.6 Å².